The van der Waals surface area contributed by atoms with Crippen LogP contribution in [0, 0.1) is 6.92 Å². The van der Waals surface area contributed by atoms with Crippen LogP contribution in [0.1, 0.15) is 41.9 Å². The maximum atomic E-state index is 4.38. The van der Waals surface area contributed by atoms with E-state index >= 15 is 0 Å². The monoisotopic (exact) mass is 448 g/mol. The molecule has 1 saturated carbocycles. The third-order valence-corrected chi connectivity index (χ3v) is 5.85. The van der Waals surface area contributed by atoms with Crippen LogP contribution in [0.3, 0.4) is 0 Å². The Hall–Kier alpha value is -0.340. The summed E-state index contributed by atoms with van der Waals surface area (Å²) in [5.74, 6) is 0.935. The van der Waals surface area contributed by atoms with Gasteiger partial charge >= 0.3 is 0 Å². The van der Waals surface area contributed by atoms with Gasteiger partial charge in [-0.15, -0.1) is 35.3 Å². The smallest absolute Gasteiger partial charge is 0.191 e. The van der Waals surface area contributed by atoms with E-state index in [1.807, 2.05) is 18.4 Å². The van der Waals surface area contributed by atoms with Crippen molar-refractivity contribution in [3.8, 4) is 0 Å². The van der Waals surface area contributed by atoms with Crippen LogP contribution in [0.5, 0.6) is 0 Å². The van der Waals surface area contributed by atoms with Gasteiger partial charge in [0.05, 0.1) is 6.54 Å². The van der Waals surface area contributed by atoms with Gasteiger partial charge in [0, 0.05) is 42.0 Å². The van der Waals surface area contributed by atoms with Gasteiger partial charge in [0.15, 0.2) is 5.96 Å². The molecule has 0 amide bonds. The van der Waals surface area contributed by atoms with E-state index in [-0.39, 0.29) is 24.0 Å². The van der Waals surface area contributed by atoms with Crippen molar-refractivity contribution in [1.82, 2.24) is 15.5 Å². The fraction of sp³-hybridized carbons (Fsp3) is 0.706. The summed E-state index contributed by atoms with van der Waals surface area (Å²) in [6.45, 7) is 5.42. The van der Waals surface area contributed by atoms with Crippen LogP contribution in [0.4, 0.5) is 0 Å². The molecule has 2 aliphatic rings. The standard InChI is InChI=1S/C17H28N4S.HI/c1-13-7-8-16(22-13)11-19-17(18-2)20-14-9-10-21(12-14)15-5-3-4-6-15;/h7-8,14-15H,3-6,9-12H2,1-2H3,(H2,18,19,20);1H. The summed E-state index contributed by atoms with van der Waals surface area (Å²) in [5, 5.41) is 7.04. The van der Waals surface area contributed by atoms with E-state index in [1.165, 1.54) is 54.9 Å². The number of rotatable bonds is 4. The number of nitrogens with zero attached hydrogens (tertiary/aromatic N) is 2. The Labute approximate surface area is 161 Å². The molecule has 0 aromatic carbocycles. The lowest BCUT2D eigenvalue weighted by Crippen LogP contribution is -2.44. The summed E-state index contributed by atoms with van der Waals surface area (Å²) >= 11 is 1.85. The van der Waals surface area contributed by atoms with Gasteiger partial charge in [0.1, 0.15) is 0 Å². The highest BCUT2D eigenvalue weighted by atomic mass is 127. The molecule has 2 N–H and O–H groups in total. The van der Waals surface area contributed by atoms with Crippen LogP contribution in [-0.2, 0) is 6.54 Å². The summed E-state index contributed by atoms with van der Waals surface area (Å²) < 4.78 is 0. The van der Waals surface area contributed by atoms with Crippen molar-refractivity contribution in [3.63, 3.8) is 0 Å². The number of aryl methyl sites for hydroxylation is 1. The molecule has 1 aliphatic carbocycles. The molecule has 1 saturated heterocycles. The minimum absolute atomic E-state index is 0. The second kappa shape index (κ2) is 9.22. The highest BCUT2D eigenvalue weighted by Crippen LogP contribution is 2.26. The molecule has 0 bridgehead atoms. The molecule has 1 unspecified atom stereocenters. The number of hydrogen-bond donors (Lipinski definition) is 2. The molecule has 1 aromatic rings. The highest BCUT2D eigenvalue weighted by Gasteiger charge is 2.30. The summed E-state index contributed by atoms with van der Waals surface area (Å²) in [6, 6.07) is 5.75. The van der Waals surface area contributed by atoms with Gasteiger partial charge in [-0.3, -0.25) is 9.89 Å². The predicted molar refractivity (Wildman–Crippen MR) is 110 cm³/mol. The van der Waals surface area contributed by atoms with E-state index in [4.69, 9.17) is 0 Å². The molecule has 0 radical (unpaired) electrons. The fourth-order valence-electron chi connectivity index (χ4n) is 3.65. The zero-order chi connectivity index (χ0) is 15.4. The lowest BCUT2D eigenvalue weighted by atomic mass is 10.2. The van der Waals surface area contributed by atoms with Gasteiger partial charge < -0.3 is 10.6 Å². The van der Waals surface area contributed by atoms with Crippen molar-refractivity contribution in [2.45, 2.75) is 57.7 Å². The molecule has 23 heavy (non-hydrogen) atoms. The van der Waals surface area contributed by atoms with E-state index in [0.717, 1.165) is 18.5 Å². The zero-order valence-corrected chi connectivity index (χ0v) is 17.3. The van der Waals surface area contributed by atoms with Crippen LogP contribution in [0.2, 0.25) is 0 Å². The summed E-state index contributed by atoms with van der Waals surface area (Å²) in [5.41, 5.74) is 0. The van der Waals surface area contributed by atoms with Gasteiger partial charge in [0.2, 0.25) is 0 Å². The summed E-state index contributed by atoms with van der Waals surface area (Å²) in [6.07, 6.45) is 6.87. The minimum atomic E-state index is 0. The third-order valence-electron chi connectivity index (χ3n) is 4.85. The molecule has 3 rings (SSSR count). The molecule has 1 aliphatic heterocycles. The first-order valence-corrected chi connectivity index (χ1v) is 9.33. The summed E-state index contributed by atoms with van der Waals surface area (Å²) in [7, 11) is 1.86. The van der Waals surface area contributed by atoms with Crippen molar-refractivity contribution >= 4 is 41.3 Å². The molecule has 1 aromatic heterocycles. The largest absolute Gasteiger partial charge is 0.352 e. The molecular formula is C17H29IN4S. The molecule has 2 heterocycles. The lowest BCUT2D eigenvalue weighted by Gasteiger charge is -2.24. The topological polar surface area (TPSA) is 39.7 Å². The molecule has 4 nitrogen and oxygen atoms in total. The van der Waals surface area contributed by atoms with Crippen LogP contribution in [-0.4, -0.2) is 43.1 Å². The van der Waals surface area contributed by atoms with Crippen molar-refractivity contribution in [1.29, 1.82) is 0 Å². The van der Waals surface area contributed by atoms with E-state index in [0.29, 0.717) is 6.04 Å². The predicted octanol–water partition coefficient (Wildman–Crippen LogP) is 3.36. The minimum Gasteiger partial charge on any atom is -0.352 e. The first-order valence-electron chi connectivity index (χ1n) is 8.51. The average Bonchev–Trinajstić information content (AvgIpc) is 3.24. The Morgan fingerprint density at radius 2 is 2.09 bits per heavy atom. The van der Waals surface area contributed by atoms with Crippen molar-refractivity contribution in [2.75, 3.05) is 20.1 Å². The van der Waals surface area contributed by atoms with Gasteiger partial charge in [0.25, 0.3) is 0 Å². The maximum Gasteiger partial charge on any atom is 0.191 e. The second-order valence-electron chi connectivity index (χ2n) is 6.50. The molecule has 0 spiro atoms. The number of guanidine groups is 1. The maximum absolute atomic E-state index is 4.38. The van der Waals surface area contributed by atoms with Gasteiger partial charge in [-0.1, -0.05) is 12.8 Å². The van der Waals surface area contributed by atoms with E-state index in [9.17, 15) is 0 Å². The fourth-order valence-corrected chi connectivity index (χ4v) is 4.48. The van der Waals surface area contributed by atoms with Crippen LogP contribution >= 0.6 is 35.3 Å². The molecule has 2 fully saturated rings. The highest BCUT2D eigenvalue weighted by molar-refractivity contribution is 14.0. The Bertz CT molecular complexity index is 510. The van der Waals surface area contributed by atoms with Crippen molar-refractivity contribution < 1.29 is 0 Å². The Morgan fingerprint density at radius 3 is 2.74 bits per heavy atom. The lowest BCUT2D eigenvalue weighted by molar-refractivity contribution is 0.242. The van der Waals surface area contributed by atoms with Gasteiger partial charge in [-0.05, 0) is 38.3 Å². The number of hydrogen-bond acceptors (Lipinski definition) is 3. The third kappa shape index (κ3) is 5.32. The molecule has 6 heteroatoms. The number of nitrogens with one attached hydrogen (secondary N) is 2. The number of halogens is 1. The van der Waals surface area contributed by atoms with E-state index in [2.05, 4.69) is 39.6 Å². The van der Waals surface area contributed by atoms with E-state index in [1.54, 1.807) is 0 Å². The SMILES string of the molecule is CN=C(NCc1ccc(C)s1)NC1CCN(C2CCCC2)C1.I. The van der Waals surface area contributed by atoms with Crippen LogP contribution in [0.25, 0.3) is 0 Å². The van der Waals surface area contributed by atoms with Gasteiger partial charge in [-0.25, -0.2) is 0 Å². The first-order chi connectivity index (χ1) is 10.7. The molecule has 130 valence electrons. The summed E-state index contributed by atoms with van der Waals surface area (Å²) in [4.78, 5) is 9.78. The van der Waals surface area contributed by atoms with Crippen LogP contribution in [0.15, 0.2) is 17.1 Å². The molecular weight excluding hydrogens is 419 g/mol. The Kier molecular flexibility index (Phi) is 7.62. The quantitative estimate of drug-likeness (QED) is 0.422. The average molecular weight is 448 g/mol. The van der Waals surface area contributed by atoms with Crippen molar-refractivity contribution in [3.05, 3.63) is 21.9 Å². The van der Waals surface area contributed by atoms with Crippen LogP contribution < -0.4 is 10.6 Å². The number of aliphatic imine (C=N–C) groups is 1. The number of likely N-dealkylation sites (tertiary alicyclic amines) is 1. The number of thiophene rings is 1. The normalized spacial score (nSPS) is 23.0. The van der Waals surface area contributed by atoms with Crippen molar-refractivity contribution in [2.24, 2.45) is 4.99 Å². The zero-order valence-electron chi connectivity index (χ0n) is 14.2. The molecule has 1 atom stereocenters. The van der Waals surface area contributed by atoms with Gasteiger partial charge in [-0.2, -0.15) is 0 Å². The Balaban J connectivity index is 0.00000192. The second-order valence-corrected chi connectivity index (χ2v) is 7.87. The first kappa shape index (κ1) is 19.0. The van der Waals surface area contributed by atoms with E-state index < -0.39 is 0 Å². The Morgan fingerprint density at radius 1 is 1.30 bits per heavy atom.